The summed E-state index contributed by atoms with van der Waals surface area (Å²) in [6, 6.07) is 0.421. The van der Waals surface area contributed by atoms with Gasteiger partial charge in [0.2, 0.25) is 11.7 Å². The highest BCUT2D eigenvalue weighted by molar-refractivity contribution is 5.05. The number of rotatable bonds is 4. The van der Waals surface area contributed by atoms with Crippen LogP contribution >= 0.6 is 0 Å². The minimum absolute atomic E-state index is 0.0252. The van der Waals surface area contributed by atoms with Crippen LogP contribution in [0, 0.1) is 5.92 Å². The van der Waals surface area contributed by atoms with Crippen molar-refractivity contribution in [3.63, 3.8) is 0 Å². The summed E-state index contributed by atoms with van der Waals surface area (Å²) in [5, 5.41) is 7.49. The third kappa shape index (κ3) is 2.09. The smallest absolute Gasteiger partial charge is 0.231 e. The van der Waals surface area contributed by atoms with E-state index in [0.29, 0.717) is 17.9 Å². The average molecular weight is 237 g/mol. The van der Waals surface area contributed by atoms with E-state index in [-0.39, 0.29) is 6.10 Å². The van der Waals surface area contributed by atoms with E-state index >= 15 is 0 Å². The molecule has 3 atom stereocenters. The molecule has 5 heteroatoms. The first kappa shape index (κ1) is 11.2. The summed E-state index contributed by atoms with van der Waals surface area (Å²) in [6.45, 7) is 3.19. The fraction of sp³-hybridized carbons (Fsp3) is 0.833. The van der Waals surface area contributed by atoms with Gasteiger partial charge in [-0.15, -0.1) is 0 Å². The molecule has 2 fully saturated rings. The van der Waals surface area contributed by atoms with Crippen LogP contribution in [-0.4, -0.2) is 29.8 Å². The second-order valence-electron chi connectivity index (χ2n) is 5.12. The predicted octanol–water partition coefficient (Wildman–Crippen LogP) is 1.63. The van der Waals surface area contributed by atoms with E-state index < -0.39 is 0 Å². The summed E-state index contributed by atoms with van der Waals surface area (Å²) in [4.78, 5) is 4.53. The Bertz CT molecular complexity index is 372. The second-order valence-corrected chi connectivity index (χ2v) is 5.12. The van der Waals surface area contributed by atoms with Crippen molar-refractivity contribution in [2.24, 2.45) is 5.92 Å². The molecule has 1 N–H and O–H groups in total. The first-order valence-electron chi connectivity index (χ1n) is 6.39. The summed E-state index contributed by atoms with van der Waals surface area (Å²) < 4.78 is 10.9. The normalized spacial score (nSPS) is 30.7. The van der Waals surface area contributed by atoms with Crippen LogP contribution < -0.4 is 5.32 Å². The van der Waals surface area contributed by atoms with Crippen LogP contribution in [0.25, 0.3) is 0 Å². The van der Waals surface area contributed by atoms with Gasteiger partial charge in [-0.3, -0.25) is 0 Å². The van der Waals surface area contributed by atoms with Crippen LogP contribution in [0.2, 0.25) is 0 Å². The fourth-order valence-corrected chi connectivity index (χ4v) is 2.62. The van der Waals surface area contributed by atoms with Crippen LogP contribution in [0.5, 0.6) is 0 Å². The molecule has 1 saturated carbocycles. The molecule has 1 aliphatic carbocycles. The van der Waals surface area contributed by atoms with Gasteiger partial charge in [-0.1, -0.05) is 5.16 Å². The lowest BCUT2D eigenvalue weighted by molar-refractivity contribution is 0.0751. The van der Waals surface area contributed by atoms with Gasteiger partial charge in [0.25, 0.3) is 0 Å². The standard InChI is InChI=1S/C12H19N3O2/c1-7-9(5-6-13-7)12-14-11(15-17-12)10(16-2)8-3-4-8/h7-10,13H,3-6H2,1-2H3. The Kier molecular flexibility index (Phi) is 2.88. The SMILES string of the molecule is COC(c1noc(C2CCNC2C)n1)C1CC1. The van der Waals surface area contributed by atoms with Crippen LogP contribution in [-0.2, 0) is 4.74 Å². The number of ether oxygens (including phenoxy) is 1. The number of nitrogens with one attached hydrogen (secondary N) is 1. The monoisotopic (exact) mass is 237 g/mol. The predicted molar refractivity (Wildman–Crippen MR) is 61.6 cm³/mol. The quantitative estimate of drug-likeness (QED) is 0.862. The topological polar surface area (TPSA) is 60.2 Å². The number of methoxy groups -OCH3 is 1. The van der Waals surface area contributed by atoms with Gasteiger partial charge in [0.05, 0.1) is 5.92 Å². The molecule has 3 unspecified atom stereocenters. The van der Waals surface area contributed by atoms with Crippen LogP contribution in [0.1, 0.15) is 49.9 Å². The van der Waals surface area contributed by atoms with Crippen molar-refractivity contribution in [1.82, 2.24) is 15.5 Å². The Balaban J connectivity index is 1.77. The molecular weight excluding hydrogens is 218 g/mol. The molecule has 0 bridgehead atoms. The van der Waals surface area contributed by atoms with Crippen molar-refractivity contribution in [3.8, 4) is 0 Å². The van der Waals surface area contributed by atoms with Gasteiger partial charge in [-0.25, -0.2) is 0 Å². The highest BCUT2D eigenvalue weighted by Gasteiger charge is 2.37. The maximum Gasteiger partial charge on any atom is 0.231 e. The van der Waals surface area contributed by atoms with Crippen molar-refractivity contribution in [2.45, 2.75) is 44.2 Å². The maximum atomic E-state index is 5.46. The summed E-state index contributed by atoms with van der Waals surface area (Å²) in [5.41, 5.74) is 0. The zero-order valence-corrected chi connectivity index (χ0v) is 10.3. The van der Waals surface area contributed by atoms with Crippen molar-refractivity contribution >= 4 is 0 Å². The van der Waals surface area contributed by atoms with Crippen LogP contribution in [0.15, 0.2) is 4.52 Å². The summed E-state index contributed by atoms with van der Waals surface area (Å²) in [6.07, 6.45) is 3.52. The molecule has 0 radical (unpaired) electrons. The Morgan fingerprint density at radius 1 is 1.41 bits per heavy atom. The average Bonchev–Trinajstić information content (AvgIpc) is 2.87. The molecule has 0 aromatic carbocycles. The Hall–Kier alpha value is -0.940. The maximum absolute atomic E-state index is 5.46. The van der Waals surface area contributed by atoms with Crippen molar-refractivity contribution in [1.29, 1.82) is 0 Å². The first-order valence-corrected chi connectivity index (χ1v) is 6.39. The molecule has 1 aliphatic heterocycles. The minimum Gasteiger partial charge on any atom is -0.373 e. The van der Waals surface area contributed by atoms with E-state index in [0.717, 1.165) is 24.7 Å². The number of nitrogens with zero attached hydrogens (tertiary/aromatic N) is 2. The molecule has 5 nitrogen and oxygen atoms in total. The molecule has 0 spiro atoms. The lowest BCUT2D eigenvalue weighted by Gasteiger charge is -2.10. The van der Waals surface area contributed by atoms with Gasteiger partial charge in [-0.05, 0) is 38.6 Å². The third-order valence-electron chi connectivity index (χ3n) is 3.86. The molecule has 2 heterocycles. The Morgan fingerprint density at radius 2 is 2.24 bits per heavy atom. The van der Waals surface area contributed by atoms with E-state index in [1.165, 1.54) is 12.8 Å². The molecule has 3 rings (SSSR count). The minimum atomic E-state index is 0.0252. The number of hydrogen-bond donors (Lipinski definition) is 1. The zero-order valence-electron chi connectivity index (χ0n) is 10.3. The molecular formula is C12H19N3O2. The number of aromatic nitrogens is 2. The van der Waals surface area contributed by atoms with Crippen molar-refractivity contribution in [2.75, 3.05) is 13.7 Å². The van der Waals surface area contributed by atoms with E-state index in [1.54, 1.807) is 7.11 Å². The van der Waals surface area contributed by atoms with Crippen molar-refractivity contribution < 1.29 is 9.26 Å². The van der Waals surface area contributed by atoms with Crippen molar-refractivity contribution in [3.05, 3.63) is 11.7 Å². The van der Waals surface area contributed by atoms with E-state index in [1.807, 2.05) is 0 Å². The molecule has 94 valence electrons. The highest BCUT2D eigenvalue weighted by Crippen LogP contribution is 2.42. The van der Waals surface area contributed by atoms with Gasteiger partial charge in [0.15, 0.2) is 0 Å². The lowest BCUT2D eigenvalue weighted by Crippen LogP contribution is -2.21. The van der Waals surface area contributed by atoms with Crippen LogP contribution in [0.3, 0.4) is 0 Å². The van der Waals surface area contributed by atoms with Gasteiger partial charge in [0.1, 0.15) is 6.10 Å². The first-order chi connectivity index (χ1) is 8.29. The molecule has 0 amide bonds. The van der Waals surface area contributed by atoms with Gasteiger partial charge in [0, 0.05) is 13.2 Å². The Morgan fingerprint density at radius 3 is 2.82 bits per heavy atom. The van der Waals surface area contributed by atoms with Crippen LogP contribution in [0.4, 0.5) is 0 Å². The molecule has 1 saturated heterocycles. The molecule has 2 aliphatic rings. The highest BCUT2D eigenvalue weighted by atomic mass is 16.5. The fourth-order valence-electron chi connectivity index (χ4n) is 2.62. The lowest BCUT2D eigenvalue weighted by atomic mass is 10.0. The van der Waals surface area contributed by atoms with E-state index in [2.05, 4.69) is 22.4 Å². The second kappa shape index (κ2) is 4.38. The molecule has 17 heavy (non-hydrogen) atoms. The van der Waals surface area contributed by atoms with Gasteiger partial charge < -0.3 is 14.6 Å². The van der Waals surface area contributed by atoms with E-state index in [9.17, 15) is 0 Å². The molecule has 1 aromatic rings. The largest absolute Gasteiger partial charge is 0.373 e. The zero-order chi connectivity index (χ0) is 11.8. The van der Waals surface area contributed by atoms with E-state index in [4.69, 9.17) is 9.26 Å². The third-order valence-corrected chi connectivity index (χ3v) is 3.86. The Labute approximate surface area is 101 Å². The van der Waals surface area contributed by atoms with Gasteiger partial charge >= 0.3 is 0 Å². The summed E-state index contributed by atoms with van der Waals surface area (Å²) >= 11 is 0. The summed E-state index contributed by atoms with van der Waals surface area (Å²) in [7, 11) is 1.72. The number of hydrogen-bond acceptors (Lipinski definition) is 5. The summed E-state index contributed by atoms with van der Waals surface area (Å²) in [5.74, 6) is 2.43. The molecule has 1 aromatic heterocycles. The van der Waals surface area contributed by atoms with Gasteiger partial charge in [-0.2, -0.15) is 4.98 Å².